The van der Waals surface area contributed by atoms with Gasteiger partial charge in [-0.25, -0.2) is 0 Å². The van der Waals surface area contributed by atoms with Crippen LogP contribution in [-0.2, 0) is 0 Å². The Morgan fingerprint density at radius 1 is 1.62 bits per heavy atom. The van der Waals surface area contributed by atoms with Crippen LogP contribution in [0.4, 0.5) is 5.69 Å². The molecule has 2 unspecified atom stereocenters. The maximum atomic E-state index is 12.3. The van der Waals surface area contributed by atoms with Gasteiger partial charge in [0.15, 0.2) is 0 Å². The molecule has 2 heterocycles. The third-order valence-corrected chi connectivity index (χ3v) is 3.43. The van der Waals surface area contributed by atoms with E-state index >= 15 is 0 Å². The van der Waals surface area contributed by atoms with E-state index in [1.54, 1.807) is 12.3 Å². The molecule has 0 spiro atoms. The fourth-order valence-electron chi connectivity index (χ4n) is 2.51. The van der Waals surface area contributed by atoms with Crippen molar-refractivity contribution in [2.75, 3.05) is 5.73 Å². The maximum Gasteiger partial charge on any atom is 0.270 e. The number of rotatable bonds is 2. The lowest BCUT2D eigenvalue weighted by Crippen LogP contribution is -2.39. The molecule has 4 heteroatoms. The average molecular weight is 221 g/mol. The van der Waals surface area contributed by atoms with Gasteiger partial charge in [0.2, 0.25) is 0 Å². The topological polar surface area (TPSA) is 62.1 Å². The molecule has 1 aliphatic rings. The number of likely N-dealkylation sites (tertiary alicyclic amines) is 1. The van der Waals surface area contributed by atoms with E-state index < -0.39 is 0 Å². The number of nitrogens with zero attached hydrogens (tertiary/aromatic N) is 1. The highest BCUT2D eigenvalue weighted by Gasteiger charge is 2.33. The Morgan fingerprint density at radius 3 is 2.94 bits per heavy atom. The van der Waals surface area contributed by atoms with Gasteiger partial charge in [-0.1, -0.05) is 6.92 Å². The van der Waals surface area contributed by atoms with Crippen molar-refractivity contribution >= 4 is 11.6 Å². The fourth-order valence-corrected chi connectivity index (χ4v) is 2.51. The van der Waals surface area contributed by atoms with E-state index in [1.807, 2.05) is 4.90 Å². The average Bonchev–Trinajstić information content (AvgIpc) is 2.83. The van der Waals surface area contributed by atoms with Crippen molar-refractivity contribution < 1.29 is 4.79 Å². The lowest BCUT2D eigenvalue weighted by molar-refractivity contribution is 0.0671. The molecule has 3 N–H and O–H groups in total. The second-order valence-corrected chi connectivity index (χ2v) is 4.55. The van der Waals surface area contributed by atoms with Crippen LogP contribution in [-0.4, -0.2) is 27.9 Å². The first-order valence-electron chi connectivity index (χ1n) is 5.90. The number of amides is 1. The fraction of sp³-hybridized carbons (Fsp3) is 0.583. The van der Waals surface area contributed by atoms with Gasteiger partial charge >= 0.3 is 0 Å². The van der Waals surface area contributed by atoms with E-state index in [0.29, 0.717) is 23.5 Å². The molecule has 1 amide bonds. The number of nitrogens with one attached hydrogen (secondary N) is 1. The predicted octanol–water partition coefficient (Wildman–Crippen LogP) is 2.00. The predicted molar refractivity (Wildman–Crippen MR) is 64.1 cm³/mol. The molecule has 0 aromatic carbocycles. The van der Waals surface area contributed by atoms with Gasteiger partial charge in [0, 0.05) is 24.0 Å². The summed E-state index contributed by atoms with van der Waals surface area (Å²) in [5.74, 6) is 0.0774. The summed E-state index contributed by atoms with van der Waals surface area (Å²) in [5.41, 5.74) is 6.83. The zero-order valence-corrected chi connectivity index (χ0v) is 9.86. The van der Waals surface area contributed by atoms with Crippen LogP contribution in [0, 0.1) is 0 Å². The molecule has 0 radical (unpaired) electrons. The molecule has 4 nitrogen and oxygen atoms in total. The Morgan fingerprint density at radius 2 is 2.38 bits per heavy atom. The Bertz CT molecular complexity index is 385. The van der Waals surface area contributed by atoms with Crippen molar-refractivity contribution in [1.29, 1.82) is 0 Å². The van der Waals surface area contributed by atoms with Crippen LogP contribution < -0.4 is 5.73 Å². The van der Waals surface area contributed by atoms with Gasteiger partial charge in [-0.05, 0) is 32.3 Å². The van der Waals surface area contributed by atoms with Gasteiger partial charge in [0.05, 0.1) is 0 Å². The highest BCUT2D eigenvalue weighted by molar-refractivity contribution is 5.94. The molecular weight excluding hydrogens is 202 g/mol. The van der Waals surface area contributed by atoms with Crippen LogP contribution in [0.2, 0.25) is 0 Å². The number of carbonyl (C=O) groups is 1. The first-order chi connectivity index (χ1) is 7.63. The van der Waals surface area contributed by atoms with E-state index in [2.05, 4.69) is 18.8 Å². The van der Waals surface area contributed by atoms with Gasteiger partial charge in [-0.15, -0.1) is 0 Å². The van der Waals surface area contributed by atoms with Gasteiger partial charge < -0.3 is 15.6 Å². The van der Waals surface area contributed by atoms with E-state index in [1.165, 1.54) is 0 Å². The van der Waals surface area contributed by atoms with Gasteiger partial charge in [-0.2, -0.15) is 0 Å². The van der Waals surface area contributed by atoms with Crippen LogP contribution in [0.3, 0.4) is 0 Å². The summed E-state index contributed by atoms with van der Waals surface area (Å²) in [6.45, 7) is 4.24. The standard InChI is InChI=1S/C12H19N3O/c1-3-10-5-4-8(2)15(10)12(16)11-6-9(13)7-14-11/h6-8,10,14H,3-5,13H2,1-2H3. The van der Waals surface area contributed by atoms with E-state index in [0.717, 1.165) is 19.3 Å². The molecule has 16 heavy (non-hydrogen) atoms. The largest absolute Gasteiger partial charge is 0.397 e. The van der Waals surface area contributed by atoms with Gasteiger partial charge in [0.25, 0.3) is 5.91 Å². The first-order valence-corrected chi connectivity index (χ1v) is 5.90. The van der Waals surface area contributed by atoms with Gasteiger partial charge in [0.1, 0.15) is 5.69 Å². The molecule has 1 aliphatic heterocycles. The first kappa shape index (κ1) is 11.0. The molecule has 0 bridgehead atoms. The van der Waals surface area contributed by atoms with Crippen LogP contribution >= 0.6 is 0 Å². The zero-order chi connectivity index (χ0) is 11.7. The molecule has 0 aliphatic carbocycles. The summed E-state index contributed by atoms with van der Waals surface area (Å²) < 4.78 is 0. The number of hydrogen-bond donors (Lipinski definition) is 2. The minimum Gasteiger partial charge on any atom is -0.397 e. The van der Waals surface area contributed by atoms with Crippen LogP contribution in [0.5, 0.6) is 0 Å². The highest BCUT2D eigenvalue weighted by Crippen LogP contribution is 2.27. The lowest BCUT2D eigenvalue weighted by atomic mass is 10.1. The second kappa shape index (κ2) is 4.20. The lowest BCUT2D eigenvalue weighted by Gasteiger charge is -2.27. The molecular formula is C12H19N3O. The molecule has 2 rings (SSSR count). The van der Waals surface area contributed by atoms with Crippen molar-refractivity contribution in [1.82, 2.24) is 9.88 Å². The van der Waals surface area contributed by atoms with E-state index in [9.17, 15) is 4.79 Å². The van der Waals surface area contributed by atoms with Crippen molar-refractivity contribution in [3.8, 4) is 0 Å². The molecule has 88 valence electrons. The van der Waals surface area contributed by atoms with Crippen molar-refractivity contribution in [2.45, 2.75) is 45.2 Å². The second-order valence-electron chi connectivity index (χ2n) is 4.55. The highest BCUT2D eigenvalue weighted by atomic mass is 16.2. The molecule has 1 saturated heterocycles. The molecule has 0 saturated carbocycles. The van der Waals surface area contributed by atoms with Crippen molar-refractivity contribution in [3.63, 3.8) is 0 Å². The molecule has 2 atom stereocenters. The maximum absolute atomic E-state index is 12.3. The van der Waals surface area contributed by atoms with Crippen LogP contribution in [0.15, 0.2) is 12.3 Å². The van der Waals surface area contributed by atoms with E-state index in [4.69, 9.17) is 5.73 Å². The number of aromatic nitrogens is 1. The summed E-state index contributed by atoms with van der Waals surface area (Å²) >= 11 is 0. The Kier molecular flexibility index (Phi) is 2.90. The van der Waals surface area contributed by atoms with Crippen LogP contribution in [0.1, 0.15) is 43.6 Å². The Labute approximate surface area is 95.8 Å². The molecule has 1 aromatic rings. The number of H-pyrrole nitrogens is 1. The van der Waals surface area contributed by atoms with E-state index in [-0.39, 0.29) is 5.91 Å². The minimum absolute atomic E-state index is 0.0774. The summed E-state index contributed by atoms with van der Waals surface area (Å²) in [4.78, 5) is 17.2. The third kappa shape index (κ3) is 1.79. The Balaban J connectivity index is 2.20. The summed E-state index contributed by atoms with van der Waals surface area (Å²) in [6.07, 6.45) is 4.89. The summed E-state index contributed by atoms with van der Waals surface area (Å²) in [5, 5.41) is 0. The number of nitrogen functional groups attached to an aromatic ring is 1. The number of carbonyl (C=O) groups excluding carboxylic acids is 1. The zero-order valence-electron chi connectivity index (χ0n) is 9.86. The number of anilines is 1. The molecule has 1 fully saturated rings. The van der Waals surface area contributed by atoms with Crippen molar-refractivity contribution in [3.05, 3.63) is 18.0 Å². The third-order valence-electron chi connectivity index (χ3n) is 3.43. The number of hydrogen-bond acceptors (Lipinski definition) is 2. The summed E-state index contributed by atoms with van der Waals surface area (Å²) in [6, 6.07) is 2.43. The Hall–Kier alpha value is -1.45. The minimum atomic E-state index is 0.0774. The number of nitrogens with two attached hydrogens (primary N) is 1. The smallest absolute Gasteiger partial charge is 0.270 e. The number of aromatic amines is 1. The van der Waals surface area contributed by atoms with Crippen molar-refractivity contribution in [2.24, 2.45) is 0 Å². The quantitative estimate of drug-likeness (QED) is 0.802. The molecule has 1 aromatic heterocycles. The van der Waals surface area contributed by atoms with Crippen LogP contribution in [0.25, 0.3) is 0 Å². The normalized spacial score (nSPS) is 25.0. The SMILES string of the molecule is CCC1CCC(C)N1C(=O)c1cc(N)c[nH]1. The summed E-state index contributed by atoms with van der Waals surface area (Å²) in [7, 11) is 0. The monoisotopic (exact) mass is 221 g/mol. The van der Waals surface area contributed by atoms with Gasteiger partial charge in [-0.3, -0.25) is 4.79 Å².